The van der Waals surface area contributed by atoms with Crippen LogP contribution in [0.15, 0.2) is 0 Å². The van der Waals surface area contributed by atoms with E-state index in [4.69, 9.17) is 0 Å². The van der Waals surface area contributed by atoms with Gasteiger partial charge < -0.3 is 5.11 Å². The Morgan fingerprint density at radius 1 is 1.25 bits per heavy atom. The van der Waals surface area contributed by atoms with Crippen LogP contribution in [0, 0.1) is 0 Å². The maximum absolute atomic E-state index is 9.85. The Morgan fingerprint density at radius 2 is 2.00 bits per heavy atom. The van der Waals surface area contributed by atoms with Crippen LogP contribution in [0.3, 0.4) is 0 Å². The monoisotopic (exact) mass is 171 g/mol. The molecule has 1 radical (unpaired) electrons. The van der Waals surface area contributed by atoms with E-state index in [1.54, 1.807) is 6.29 Å². The van der Waals surface area contributed by atoms with Gasteiger partial charge >= 0.3 is 0 Å². The van der Waals surface area contributed by atoms with Gasteiger partial charge in [-0.25, -0.2) is 0 Å². The summed E-state index contributed by atoms with van der Waals surface area (Å²) in [6.45, 7) is 2.16. The molecule has 0 saturated carbocycles. The first-order chi connectivity index (χ1) is 5.81. The third-order valence-corrected chi connectivity index (χ3v) is 1.97. The van der Waals surface area contributed by atoms with E-state index in [1.807, 2.05) is 0 Å². The zero-order valence-electron chi connectivity index (χ0n) is 7.88. The predicted octanol–water partition coefficient (Wildman–Crippen LogP) is 2.21. The van der Waals surface area contributed by atoms with Crippen molar-refractivity contribution in [2.24, 2.45) is 0 Å². The topological polar surface area (TPSA) is 37.3 Å². The highest BCUT2D eigenvalue weighted by atomic mass is 16.3. The molecule has 0 amide bonds. The molecular weight excluding hydrogens is 152 g/mol. The van der Waals surface area contributed by atoms with Gasteiger partial charge in [0.15, 0.2) is 6.29 Å². The molecule has 0 aliphatic rings. The molecule has 0 aliphatic carbocycles. The van der Waals surface area contributed by atoms with Gasteiger partial charge in [0.25, 0.3) is 0 Å². The first kappa shape index (κ1) is 11.6. The third-order valence-electron chi connectivity index (χ3n) is 1.97. The van der Waals surface area contributed by atoms with Crippen molar-refractivity contribution in [3.63, 3.8) is 0 Å². The predicted molar refractivity (Wildman–Crippen MR) is 49.7 cm³/mol. The van der Waals surface area contributed by atoms with E-state index in [0.29, 0.717) is 12.8 Å². The lowest BCUT2D eigenvalue weighted by molar-refractivity contribution is 0.153. The molecule has 0 aliphatic heterocycles. The first-order valence-electron chi connectivity index (χ1n) is 4.84. The van der Waals surface area contributed by atoms with Gasteiger partial charge in [0.1, 0.15) is 0 Å². The van der Waals surface area contributed by atoms with E-state index in [-0.39, 0.29) is 6.10 Å². The Kier molecular flexibility index (Phi) is 8.46. The minimum Gasteiger partial charge on any atom is -0.393 e. The molecule has 71 valence electrons. The first-order valence-corrected chi connectivity index (χ1v) is 4.84. The molecule has 0 aromatic carbocycles. The molecule has 0 saturated heterocycles. The number of rotatable bonds is 8. The molecule has 12 heavy (non-hydrogen) atoms. The maximum atomic E-state index is 9.85. The Hall–Kier alpha value is -0.370. The molecule has 2 nitrogen and oxygen atoms in total. The van der Waals surface area contributed by atoms with Crippen LogP contribution in [0.5, 0.6) is 0 Å². The fraction of sp³-hybridized carbons (Fsp3) is 0.900. The zero-order chi connectivity index (χ0) is 9.23. The minimum absolute atomic E-state index is 0.289. The molecule has 0 aromatic rings. The molecule has 0 fully saturated rings. The summed E-state index contributed by atoms with van der Waals surface area (Å²) in [4.78, 5) is 9.85. The van der Waals surface area contributed by atoms with Crippen molar-refractivity contribution < 1.29 is 9.90 Å². The van der Waals surface area contributed by atoms with Crippen molar-refractivity contribution in [1.82, 2.24) is 0 Å². The number of unbranched alkanes of at least 4 members (excludes halogenated alkanes) is 3. The zero-order valence-corrected chi connectivity index (χ0v) is 7.88. The highest BCUT2D eigenvalue weighted by Gasteiger charge is 2.02. The fourth-order valence-corrected chi connectivity index (χ4v) is 1.18. The van der Waals surface area contributed by atoms with E-state index >= 15 is 0 Å². The van der Waals surface area contributed by atoms with Crippen LogP contribution in [0.1, 0.15) is 51.9 Å². The van der Waals surface area contributed by atoms with Gasteiger partial charge in [-0.2, -0.15) is 0 Å². The van der Waals surface area contributed by atoms with Crippen molar-refractivity contribution >= 4 is 6.29 Å². The summed E-state index contributed by atoms with van der Waals surface area (Å²) in [5.74, 6) is 0. The van der Waals surface area contributed by atoms with E-state index < -0.39 is 0 Å². The van der Waals surface area contributed by atoms with Crippen LogP contribution in [0.25, 0.3) is 0 Å². The van der Waals surface area contributed by atoms with E-state index in [1.165, 1.54) is 19.3 Å². The lowest BCUT2D eigenvalue weighted by Crippen LogP contribution is -2.05. The number of hydrogen-bond donors (Lipinski definition) is 1. The number of hydrogen-bond acceptors (Lipinski definition) is 2. The Morgan fingerprint density at radius 3 is 2.58 bits per heavy atom. The van der Waals surface area contributed by atoms with Gasteiger partial charge in [0.05, 0.1) is 6.10 Å². The SMILES string of the molecule is CCCCCCC(O)CC[C]=O. The van der Waals surface area contributed by atoms with Crippen molar-refractivity contribution in [2.75, 3.05) is 0 Å². The average Bonchev–Trinajstić information content (AvgIpc) is 2.09. The highest BCUT2D eigenvalue weighted by Crippen LogP contribution is 2.08. The second-order valence-corrected chi connectivity index (χ2v) is 3.19. The Balaban J connectivity index is 3.07. The smallest absolute Gasteiger partial charge is 0.198 e. The van der Waals surface area contributed by atoms with Gasteiger partial charge in [-0.05, 0) is 12.8 Å². The van der Waals surface area contributed by atoms with Crippen molar-refractivity contribution in [1.29, 1.82) is 0 Å². The van der Waals surface area contributed by atoms with Crippen LogP contribution in [0.4, 0.5) is 0 Å². The van der Waals surface area contributed by atoms with Gasteiger partial charge in [-0.1, -0.05) is 32.6 Å². The Bertz CT molecular complexity index is 102. The van der Waals surface area contributed by atoms with E-state index in [2.05, 4.69) is 6.92 Å². The Labute approximate surface area is 75.0 Å². The summed E-state index contributed by atoms with van der Waals surface area (Å²) in [6.07, 6.45) is 8.02. The largest absolute Gasteiger partial charge is 0.393 e. The summed E-state index contributed by atoms with van der Waals surface area (Å²) < 4.78 is 0. The van der Waals surface area contributed by atoms with Crippen LogP contribution < -0.4 is 0 Å². The van der Waals surface area contributed by atoms with Crippen LogP contribution in [-0.2, 0) is 4.79 Å². The van der Waals surface area contributed by atoms with E-state index in [9.17, 15) is 9.90 Å². The molecule has 0 rings (SSSR count). The molecule has 0 aromatic heterocycles. The lowest BCUT2D eigenvalue weighted by Gasteiger charge is -2.07. The summed E-state index contributed by atoms with van der Waals surface area (Å²) in [5.41, 5.74) is 0. The number of carbonyl (C=O) groups excluding carboxylic acids is 1. The summed E-state index contributed by atoms with van der Waals surface area (Å²) >= 11 is 0. The number of aliphatic hydroxyl groups excluding tert-OH is 1. The summed E-state index contributed by atoms with van der Waals surface area (Å²) in [7, 11) is 0. The molecule has 1 unspecified atom stereocenters. The van der Waals surface area contributed by atoms with Crippen molar-refractivity contribution in [2.45, 2.75) is 58.0 Å². The average molecular weight is 171 g/mol. The minimum atomic E-state index is -0.289. The van der Waals surface area contributed by atoms with Crippen LogP contribution in [0.2, 0.25) is 0 Å². The molecular formula is C10H19O2. The lowest BCUT2D eigenvalue weighted by atomic mass is 10.1. The highest BCUT2D eigenvalue weighted by molar-refractivity contribution is 5.50. The van der Waals surface area contributed by atoms with Gasteiger partial charge in [-0.15, -0.1) is 0 Å². The summed E-state index contributed by atoms with van der Waals surface area (Å²) in [5, 5.41) is 9.30. The molecule has 1 N–H and O–H groups in total. The van der Waals surface area contributed by atoms with Crippen LogP contribution >= 0.6 is 0 Å². The standard InChI is InChI=1S/C10H19O2/c1-2-3-4-5-7-10(12)8-6-9-11/h10,12H,2-8H2,1H3. The molecule has 0 bridgehead atoms. The quantitative estimate of drug-likeness (QED) is 0.568. The van der Waals surface area contributed by atoms with Gasteiger partial charge in [0.2, 0.25) is 0 Å². The second kappa shape index (κ2) is 8.72. The van der Waals surface area contributed by atoms with E-state index in [0.717, 1.165) is 12.8 Å². The molecule has 2 heteroatoms. The fourth-order valence-electron chi connectivity index (χ4n) is 1.18. The van der Waals surface area contributed by atoms with Gasteiger partial charge in [-0.3, -0.25) is 4.79 Å². The second-order valence-electron chi connectivity index (χ2n) is 3.19. The van der Waals surface area contributed by atoms with Crippen LogP contribution in [-0.4, -0.2) is 17.5 Å². The molecule has 1 atom stereocenters. The van der Waals surface area contributed by atoms with Gasteiger partial charge in [0, 0.05) is 6.42 Å². The van der Waals surface area contributed by atoms with Crippen molar-refractivity contribution in [3.05, 3.63) is 0 Å². The number of aliphatic hydroxyl groups is 1. The third kappa shape index (κ3) is 7.73. The maximum Gasteiger partial charge on any atom is 0.198 e. The van der Waals surface area contributed by atoms with Crippen molar-refractivity contribution in [3.8, 4) is 0 Å². The normalized spacial score (nSPS) is 12.8. The molecule has 0 spiro atoms. The summed E-state index contributed by atoms with van der Waals surface area (Å²) in [6, 6.07) is 0. The molecule has 0 heterocycles.